The molecule has 0 aliphatic carbocycles. The van der Waals surface area contributed by atoms with Crippen LogP contribution in [0.1, 0.15) is 20.8 Å². The molecule has 0 bridgehead atoms. The second-order valence-corrected chi connectivity index (χ2v) is 4.33. The molecule has 0 aliphatic rings. The minimum absolute atomic E-state index is 0.148. The van der Waals surface area contributed by atoms with E-state index in [0.29, 0.717) is 0 Å². The molecular formula is C10H19F2N3. The van der Waals surface area contributed by atoms with Gasteiger partial charge in [-0.1, -0.05) is 0 Å². The topological polar surface area (TPSA) is 39.1 Å². The minimum atomic E-state index is -2.36. The molecule has 15 heavy (non-hydrogen) atoms. The lowest BCUT2D eigenvalue weighted by Gasteiger charge is -2.30. The van der Waals surface area contributed by atoms with Crippen molar-refractivity contribution in [3.63, 3.8) is 0 Å². The van der Waals surface area contributed by atoms with Crippen LogP contribution < -0.4 is 5.32 Å². The van der Waals surface area contributed by atoms with E-state index in [2.05, 4.69) is 11.4 Å². The van der Waals surface area contributed by atoms with Crippen molar-refractivity contribution in [3.05, 3.63) is 0 Å². The summed E-state index contributed by atoms with van der Waals surface area (Å²) < 4.78 is 24.2. The first-order chi connectivity index (χ1) is 6.79. The van der Waals surface area contributed by atoms with E-state index >= 15 is 0 Å². The van der Waals surface area contributed by atoms with E-state index in [1.54, 1.807) is 14.0 Å². The summed E-state index contributed by atoms with van der Waals surface area (Å²) in [6, 6.07) is 2.26. The van der Waals surface area contributed by atoms with E-state index in [1.165, 1.54) is 4.90 Å². The molecule has 0 aromatic rings. The molecule has 1 N–H and O–H groups in total. The van der Waals surface area contributed by atoms with Gasteiger partial charge in [0.25, 0.3) is 6.43 Å². The van der Waals surface area contributed by atoms with Crippen LogP contribution in [0.25, 0.3) is 0 Å². The summed E-state index contributed by atoms with van der Waals surface area (Å²) in [7, 11) is 1.59. The molecule has 0 aliphatic heterocycles. The van der Waals surface area contributed by atoms with Crippen molar-refractivity contribution >= 4 is 0 Å². The van der Waals surface area contributed by atoms with Gasteiger partial charge in [-0.2, -0.15) is 5.26 Å². The van der Waals surface area contributed by atoms with Gasteiger partial charge in [0.2, 0.25) is 0 Å². The second-order valence-electron chi connectivity index (χ2n) is 4.33. The second kappa shape index (κ2) is 5.99. The van der Waals surface area contributed by atoms with Crippen molar-refractivity contribution in [2.45, 2.75) is 38.8 Å². The Morgan fingerprint density at radius 2 is 2.00 bits per heavy atom. The van der Waals surface area contributed by atoms with E-state index < -0.39 is 12.0 Å². The molecular weight excluding hydrogens is 200 g/mol. The van der Waals surface area contributed by atoms with Crippen LogP contribution in [0.5, 0.6) is 0 Å². The van der Waals surface area contributed by atoms with Gasteiger partial charge in [-0.05, 0) is 27.8 Å². The molecule has 0 aromatic heterocycles. The zero-order chi connectivity index (χ0) is 12.1. The molecule has 0 heterocycles. The first kappa shape index (κ1) is 14.3. The van der Waals surface area contributed by atoms with Gasteiger partial charge in [0, 0.05) is 12.6 Å². The summed E-state index contributed by atoms with van der Waals surface area (Å²) in [6.07, 6.45) is -2.36. The van der Waals surface area contributed by atoms with Crippen LogP contribution >= 0.6 is 0 Å². The Bertz CT molecular complexity index is 225. The molecule has 5 heteroatoms. The van der Waals surface area contributed by atoms with Gasteiger partial charge in [-0.25, -0.2) is 8.78 Å². The molecule has 1 unspecified atom stereocenters. The summed E-state index contributed by atoms with van der Waals surface area (Å²) in [6.45, 7) is 5.53. The maximum absolute atomic E-state index is 12.1. The summed E-state index contributed by atoms with van der Waals surface area (Å²) in [5.41, 5.74) is -0.780. The summed E-state index contributed by atoms with van der Waals surface area (Å²) in [5, 5.41) is 12.1. The van der Waals surface area contributed by atoms with E-state index in [-0.39, 0.29) is 19.1 Å². The molecule has 0 rings (SSSR count). The largest absolute Gasteiger partial charge is 0.298 e. The lowest BCUT2D eigenvalue weighted by atomic mass is 10.0. The number of nitriles is 1. The lowest BCUT2D eigenvalue weighted by Crippen LogP contribution is -2.52. The molecule has 1 atom stereocenters. The van der Waals surface area contributed by atoms with Crippen LogP contribution in [0, 0.1) is 11.3 Å². The third-order valence-corrected chi connectivity index (χ3v) is 1.89. The monoisotopic (exact) mass is 219 g/mol. The molecule has 0 spiro atoms. The fraction of sp³-hybridized carbons (Fsp3) is 0.900. The quantitative estimate of drug-likeness (QED) is 0.735. The van der Waals surface area contributed by atoms with Crippen molar-refractivity contribution in [2.75, 3.05) is 20.1 Å². The fourth-order valence-corrected chi connectivity index (χ4v) is 1.59. The Morgan fingerprint density at radius 1 is 1.47 bits per heavy atom. The number of nitrogens with one attached hydrogen (secondary N) is 1. The third-order valence-electron chi connectivity index (χ3n) is 1.89. The smallest absolute Gasteiger partial charge is 0.251 e. The SMILES string of the molecule is CC(C)NC(C)(C#N)CN(C)CC(F)F. The van der Waals surface area contributed by atoms with Crippen molar-refractivity contribution in [1.82, 2.24) is 10.2 Å². The van der Waals surface area contributed by atoms with E-state index in [9.17, 15) is 8.78 Å². The average molecular weight is 219 g/mol. The molecule has 0 radical (unpaired) electrons. The average Bonchev–Trinajstić information content (AvgIpc) is 2.00. The Balaban J connectivity index is 4.25. The van der Waals surface area contributed by atoms with Gasteiger partial charge in [0.1, 0.15) is 5.54 Å². The van der Waals surface area contributed by atoms with Gasteiger partial charge >= 0.3 is 0 Å². The van der Waals surface area contributed by atoms with Gasteiger partial charge < -0.3 is 0 Å². The molecule has 0 aromatic carbocycles. The van der Waals surface area contributed by atoms with Crippen LogP contribution in [0.4, 0.5) is 8.78 Å². The number of likely N-dealkylation sites (N-methyl/N-ethyl adjacent to an activating group) is 1. The number of hydrogen-bond donors (Lipinski definition) is 1. The highest BCUT2D eigenvalue weighted by molar-refractivity contribution is 5.06. The van der Waals surface area contributed by atoms with Gasteiger partial charge in [-0.15, -0.1) is 0 Å². The third kappa shape index (κ3) is 6.37. The maximum atomic E-state index is 12.1. The van der Waals surface area contributed by atoms with Crippen molar-refractivity contribution in [1.29, 1.82) is 5.26 Å². The van der Waals surface area contributed by atoms with Crippen LogP contribution in [0.15, 0.2) is 0 Å². The zero-order valence-electron chi connectivity index (χ0n) is 9.72. The zero-order valence-corrected chi connectivity index (χ0v) is 9.72. The summed E-state index contributed by atoms with van der Waals surface area (Å²) in [4.78, 5) is 1.46. The van der Waals surface area contributed by atoms with Gasteiger partial charge in [0.05, 0.1) is 12.6 Å². The van der Waals surface area contributed by atoms with Crippen LogP contribution in [-0.2, 0) is 0 Å². The number of rotatable bonds is 6. The maximum Gasteiger partial charge on any atom is 0.251 e. The van der Waals surface area contributed by atoms with Gasteiger partial charge in [0.15, 0.2) is 0 Å². The van der Waals surface area contributed by atoms with Crippen LogP contribution in [0.3, 0.4) is 0 Å². The number of nitrogens with zero attached hydrogens (tertiary/aromatic N) is 2. The van der Waals surface area contributed by atoms with E-state index in [1.807, 2.05) is 13.8 Å². The lowest BCUT2D eigenvalue weighted by molar-refractivity contribution is 0.0915. The molecule has 0 saturated carbocycles. The standard InChI is InChI=1S/C10H19F2N3/c1-8(2)14-10(3,6-13)7-15(4)5-9(11)12/h8-9,14H,5,7H2,1-4H3. The normalized spacial score (nSPS) is 15.7. The Hall–Kier alpha value is -0.730. The molecule has 88 valence electrons. The predicted molar refractivity (Wildman–Crippen MR) is 55.8 cm³/mol. The first-order valence-corrected chi connectivity index (χ1v) is 4.94. The Morgan fingerprint density at radius 3 is 2.33 bits per heavy atom. The molecule has 0 saturated heterocycles. The van der Waals surface area contributed by atoms with Crippen LogP contribution in [-0.4, -0.2) is 43.0 Å². The number of alkyl halides is 2. The van der Waals surface area contributed by atoms with Crippen molar-refractivity contribution < 1.29 is 8.78 Å². The van der Waals surface area contributed by atoms with E-state index in [0.717, 1.165) is 0 Å². The first-order valence-electron chi connectivity index (χ1n) is 4.94. The minimum Gasteiger partial charge on any atom is -0.298 e. The number of hydrogen-bond acceptors (Lipinski definition) is 3. The van der Waals surface area contributed by atoms with Crippen molar-refractivity contribution in [3.8, 4) is 6.07 Å². The van der Waals surface area contributed by atoms with E-state index in [4.69, 9.17) is 5.26 Å². The molecule has 0 amide bonds. The Labute approximate surface area is 90.1 Å². The summed E-state index contributed by atoms with van der Waals surface area (Å²) >= 11 is 0. The van der Waals surface area contributed by atoms with Crippen LogP contribution in [0.2, 0.25) is 0 Å². The van der Waals surface area contributed by atoms with Gasteiger partial charge in [-0.3, -0.25) is 10.2 Å². The highest BCUT2D eigenvalue weighted by Crippen LogP contribution is 2.07. The van der Waals surface area contributed by atoms with Crippen molar-refractivity contribution in [2.24, 2.45) is 0 Å². The highest BCUT2D eigenvalue weighted by Gasteiger charge is 2.26. The predicted octanol–water partition coefficient (Wildman–Crippen LogP) is 1.46. The highest BCUT2D eigenvalue weighted by atomic mass is 19.3. The molecule has 3 nitrogen and oxygen atoms in total. The number of halogens is 2. The molecule has 0 fully saturated rings. The Kier molecular flexibility index (Phi) is 5.69. The fourth-order valence-electron chi connectivity index (χ4n) is 1.59. The summed E-state index contributed by atoms with van der Waals surface area (Å²) in [5.74, 6) is 0.